The maximum absolute atomic E-state index is 11.9. The lowest BCUT2D eigenvalue weighted by Crippen LogP contribution is -2.30. The fraction of sp³-hybridized carbons (Fsp3) is 0.316. The Balaban J connectivity index is 1.76. The third-order valence-corrected chi connectivity index (χ3v) is 3.59. The SMILES string of the molecule is COc1cccc(OCC(=O)NCCc2ccc(OC)c(OC)c2)c1. The maximum Gasteiger partial charge on any atom is 0.257 e. The highest BCUT2D eigenvalue weighted by Gasteiger charge is 2.06. The van der Waals surface area contributed by atoms with Crippen molar-refractivity contribution in [2.75, 3.05) is 34.5 Å². The lowest BCUT2D eigenvalue weighted by atomic mass is 10.1. The lowest BCUT2D eigenvalue weighted by Gasteiger charge is -2.10. The van der Waals surface area contributed by atoms with E-state index in [0.29, 0.717) is 36.0 Å². The molecule has 0 spiro atoms. The minimum atomic E-state index is -0.178. The predicted molar refractivity (Wildman–Crippen MR) is 94.7 cm³/mol. The van der Waals surface area contributed by atoms with E-state index in [0.717, 1.165) is 5.56 Å². The molecule has 0 radical (unpaired) electrons. The Hall–Kier alpha value is -2.89. The van der Waals surface area contributed by atoms with Gasteiger partial charge in [0, 0.05) is 12.6 Å². The average Bonchev–Trinajstić information content (AvgIpc) is 2.66. The predicted octanol–water partition coefficient (Wildman–Crippen LogP) is 2.45. The van der Waals surface area contributed by atoms with Crippen LogP contribution in [-0.2, 0) is 11.2 Å². The molecule has 6 heteroatoms. The Labute approximate surface area is 147 Å². The molecule has 25 heavy (non-hydrogen) atoms. The molecule has 0 aliphatic carbocycles. The molecule has 0 fully saturated rings. The number of rotatable bonds is 9. The van der Waals surface area contributed by atoms with Crippen LogP contribution in [0.4, 0.5) is 0 Å². The van der Waals surface area contributed by atoms with Crippen LogP contribution in [0.2, 0.25) is 0 Å². The molecule has 6 nitrogen and oxygen atoms in total. The van der Waals surface area contributed by atoms with Gasteiger partial charge in [0.25, 0.3) is 5.91 Å². The summed E-state index contributed by atoms with van der Waals surface area (Å²) in [7, 11) is 4.78. The van der Waals surface area contributed by atoms with Crippen LogP contribution in [0.25, 0.3) is 0 Å². The molecule has 0 saturated heterocycles. The third-order valence-electron chi connectivity index (χ3n) is 3.59. The highest BCUT2D eigenvalue weighted by Crippen LogP contribution is 2.27. The Morgan fingerprint density at radius 1 is 0.920 bits per heavy atom. The molecule has 0 aliphatic rings. The van der Waals surface area contributed by atoms with Crippen LogP contribution >= 0.6 is 0 Å². The highest BCUT2D eigenvalue weighted by molar-refractivity contribution is 5.77. The summed E-state index contributed by atoms with van der Waals surface area (Å²) in [5, 5.41) is 2.83. The number of methoxy groups -OCH3 is 3. The van der Waals surface area contributed by atoms with Crippen molar-refractivity contribution in [1.29, 1.82) is 0 Å². The lowest BCUT2D eigenvalue weighted by molar-refractivity contribution is -0.123. The summed E-state index contributed by atoms with van der Waals surface area (Å²) in [6, 6.07) is 12.8. The van der Waals surface area contributed by atoms with Crippen molar-refractivity contribution >= 4 is 5.91 Å². The Bertz CT molecular complexity index is 702. The second kappa shape index (κ2) is 9.42. The number of hydrogen-bond acceptors (Lipinski definition) is 5. The Morgan fingerprint density at radius 3 is 2.40 bits per heavy atom. The molecule has 2 rings (SSSR count). The largest absolute Gasteiger partial charge is 0.497 e. The summed E-state index contributed by atoms with van der Waals surface area (Å²) in [6.07, 6.45) is 0.686. The van der Waals surface area contributed by atoms with Crippen molar-refractivity contribution < 1.29 is 23.7 Å². The van der Waals surface area contributed by atoms with Gasteiger partial charge in [0.05, 0.1) is 21.3 Å². The van der Waals surface area contributed by atoms with Gasteiger partial charge >= 0.3 is 0 Å². The van der Waals surface area contributed by atoms with Gasteiger partial charge in [-0.1, -0.05) is 12.1 Å². The molecular weight excluding hydrogens is 322 g/mol. The number of benzene rings is 2. The summed E-state index contributed by atoms with van der Waals surface area (Å²) in [4.78, 5) is 11.9. The molecule has 0 aromatic heterocycles. The van der Waals surface area contributed by atoms with Gasteiger partial charge in [0.15, 0.2) is 18.1 Å². The van der Waals surface area contributed by atoms with Gasteiger partial charge in [-0.2, -0.15) is 0 Å². The maximum atomic E-state index is 11.9. The molecule has 0 bridgehead atoms. The van der Waals surface area contributed by atoms with Crippen molar-refractivity contribution in [3.05, 3.63) is 48.0 Å². The van der Waals surface area contributed by atoms with Crippen LogP contribution in [0.5, 0.6) is 23.0 Å². The van der Waals surface area contributed by atoms with Crippen LogP contribution in [0.15, 0.2) is 42.5 Å². The molecule has 0 heterocycles. The number of nitrogens with one attached hydrogen (secondary N) is 1. The number of ether oxygens (including phenoxy) is 4. The van der Waals surface area contributed by atoms with E-state index in [2.05, 4.69) is 5.32 Å². The van der Waals surface area contributed by atoms with Crippen LogP contribution in [-0.4, -0.2) is 40.4 Å². The van der Waals surface area contributed by atoms with Crippen molar-refractivity contribution in [2.45, 2.75) is 6.42 Å². The first-order valence-corrected chi connectivity index (χ1v) is 7.90. The number of carbonyl (C=O) groups is 1. The summed E-state index contributed by atoms with van der Waals surface area (Å²) in [5.41, 5.74) is 1.05. The van der Waals surface area contributed by atoms with Crippen LogP contribution in [0, 0.1) is 0 Å². The first-order valence-electron chi connectivity index (χ1n) is 7.90. The molecule has 0 saturated carbocycles. The van der Waals surface area contributed by atoms with E-state index in [-0.39, 0.29) is 12.5 Å². The number of amides is 1. The van der Waals surface area contributed by atoms with Gasteiger partial charge in [-0.15, -0.1) is 0 Å². The second-order valence-electron chi connectivity index (χ2n) is 5.26. The third kappa shape index (κ3) is 5.60. The van der Waals surface area contributed by atoms with Crippen molar-refractivity contribution in [3.8, 4) is 23.0 Å². The fourth-order valence-corrected chi connectivity index (χ4v) is 2.27. The van der Waals surface area contributed by atoms with Crippen molar-refractivity contribution in [2.24, 2.45) is 0 Å². The van der Waals surface area contributed by atoms with E-state index in [1.54, 1.807) is 33.5 Å². The van der Waals surface area contributed by atoms with E-state index < -0.39 is 0 Å². The number of carbonyl (C=O) groups excluding carboxylic acids is 1. The number of hydrogen-bond donors (Lipinski definition) is 1. The second-order valence-corrected chi connectivity index (χ2v) is 5.26. The van der Waals surface area contributed by atoms with Gasteiger partial charge in [-0.25, -0.2) is 0 Å². The minimum Gasteiger partial charge on any atom is -0.497 e. The van der Waals surface area contributed by atoms with Crippen LogP contribution in [0.3, 0.4) is 0 Å². The zero-order valence-electron chi connectivity index (χ0n) is 14.7. The average molecular weight is 345 g/mol. The van der Waals surface area contributed by atoms with Crippen LogP contribution < -0.4 is 24.3 Å². The molecule has 2 aromatic carbocycles. The summed E-state index contributed by atoms with van der Waals surface area (Å²) in [6.45, 7) is 0.467. The zero-order valence-corrected chi connectivity index (χ0v) is 14.7. The molecular formula is C19H23NO5. The van der Waals surface area contributed by atoms with Gasteiger partial charge in [-0.05, 0) is 36.2 Å². The van der Waals surface area contributed by atoms with E-state index in [1.807, 2.05) is 30.3 Å². The monoisotopic (exact) mass is 345 g/mol. The zero-order chi connectivity index (χ0) is 18.1. The molecule has 0 aliphatic heterocycles. The van der Waals surface area contributed by atoms with Gasteiger partial charge in [0.2, 0.25) is 0 Å². The first-order chi connectivity index (χ1) is 12.2. The first kappa shape index (κ1) is 18.4. The van der Waals surface area contributed by atoms with Gasteiger partial charge in [0.1, 0.15) is 11.5 Å². The quantitative estimate of drug-likeness (QED) is 0.756. The van der Waals surface area contributed by atoms with E-state index in [1.165, 1.54) is 0 Å². The van der Waals surface area contributed by atoms with E-state index in [9.17, 15) is 4.79 Å². The smallest absolute Gasteiger partial charge is 0.257 e. The minimum absolute atomic E-state index is 0.0426. The molecule has 0 unspecified atom stereocenters. The molecule has 2 aromatic rings. The molecule has 134 valence electrons. The van der Waals surface area contributed by atoms with Gasteiger partial charge in [-0.3, -0.25) is 4.79 Å². The topological polar surface area (TPSA) is 66.0 Å². The Morgan fingerprint density at radius 2 is 1.68 bits per heavy atom. The normalized spacial score (nSPS) is 10.0. The summed E-state index contributed by atoms with van der Waals surface area (Å²) in [5.74, 6) is 2.46. The van der Waals surface area contributed by atoms with Gasteiger partial charge < -0.3 is 24.3 Å². The molecule has 0 atom stereocenters. The van der Waals surface area contributed by atoms with Crippen LogP contribution in [0.1, 0.15) is 5.56 Å². The highest BCUT2D eigenvalue weighted by atomic mass is 16.5. The summed E-state index contributed by atoms with van der Waals surface area (Å²) < 4.78 is 21.0. The van der Waals surface area contributed by atoms with Crippen molar-refractivity contribution in [1.82, 2.24) is 5.32 Å². The summed E-state index contributed by atoms with van der Waals surface area (Å²) >= 11 is 0. The molecule has 1 N–H and O–H groups in total. The fourth-order valence-electron chi connectivity index (χ4n) is 2.27. The van der Waals surface area contributed by atoms with E-state index >= 15 is 0 Å². The van der Waals surface area contributed by atoms with E-state index in [4.69, 9.17) is 18.9 Å². The Kier molecular flexibility index (Phi) is 6.95. The standard InChI is InChI=1S/C19H23NO5/c1-22-15-5-4-6-16(12-15)25-13-19(21)20-10-9-14-7-8-17(23-2)18(11-14)24-3/h4-8,11-12H,9-10,13H2,1-3H3,(H,20,21). The molecule has 1 amide bonds. The van der Waals surface area contributed by atoms with Crippen molar-refractivity contribution in [3.63, 3.8) is 0 Å².